The van der Waals surface area contributed by atoms with Crippen LogP contribution in [0.5, 0.6) is 0 Å². The van der Waals surface area contributed by atoms with Gasteiger partial charge in [-0.15, -0.1) is 24.0 Å². The Morgan fingerprint density at radius 3 is 2.15 bits per heavy atom. The largest absolute Gasteiger partial charge is 0.357 e. The summed E-state index contributed by atoms with van der Waals surface area (Å²) in [6.07, 6.45) is 3.83. The van der Waals surface area contributed by atoms with Crippen molar-refractivity contribution >= 4 is 29.9 Å². The van der Waals surface area contributed by atoms with Gasteiger partial charge in [0.1, 0.15) is 0 Å². The van der Waals surface area contributed by atoms with Gasteiger partial charge in [0.05, 0.1) is 6.54 Å². The van der Waals surface area contributed by atoms with E-state index >= 15 is 0 Å². The van der Waals surface area contributed by atoms with Crippen LogP contribution in [0.15, 0.2) is 35.3 Å². The average Bonchev–Trinajstić information content (AvgIpc) is 2.39. The van der Waals surface area contributed by atoms with Gasteiger partial charge in [0.2, 0.25) is 0 Å². The minimum absolute atomic E-state index is 0. The molecule has 0 unspecified atom stereocenters. The monoisotopic (exact) mass is 387 g/mol. The molecule has 2 N–H and O–H groups in total. The van der Waals surface area contributed by atoms with E-state index in [0.29, 0.717) is 0 Å². The first kappa shape index (κ1) is 17.3. The highest BCUT2D eigenvalue weighted by Crippen LogP contribution is 2.43. The van der Waals surface area contributed by atoms with E-state index in [4.69, 9.17) is 4.99 Å². The molecule has 1 saturated carbocycles. The summed E-state index contributed by atoms with van der Waals surface area (Å²) in [6.45, 7) is 6.90. The van der Waals surface area contributed by atoms with Crippen LogP contribution in [0.25, 0.3) is 0 Å². The summed E-state index contributed by atoms with van der Waals surface area (Å²) in [5.41, 5.74) is 1.72. The molecule has 2 rings (SSSR count). The van der Waals surface area contributed by atoms with Crippen LogP contribution in [-0.2, 0) is 5.41 Å². The molecule has 1 aromatic rings. The van der Waals surface area contributed by atoms with Gasteiger partial charge in [-0.05, 0) is 32.3 Å². The molecule has 1 fully saturated rings. The Hall–Kier alpha value is -0.780. The van der Waals surface area contributed by atoms with Crippen LogP contribution < -0.4 is 10.6 Å². The number of hydrogen-bond acceptors (Lipinski definition) is 1. The molecule has 0 aromatic heterocycles. The number of aliphatic imine (C=N–C) groups is 1. The van der Waals surface area contributed by atoms with Crippen LogP contribution in [-0.4, -0.2) is 25.6 Å². The maximum Gasteiger partial charge on any atom is 0.191 e. The van der Waals surface area contributed by atoms with Crippen molar-refractivity contribution in [2.75, 3.05) is 19.6 Å². The summed E-state index contributed by atoms with van der Waals surface area (Å²) in [5.74, 6) is 0.937. The van der Waals surface area contributed by atoms with E-state index in [9.17, 15) is 0 Å². The van der Waals surface area contributed by atoms with E-state index in [0.717, 1.165) is 25.6 Å². The minimum Gasteiger partial charge on any atom is -0.357 e. The zero-order valence-corrected chi connectivity index (χ0v) is 14.8. The molecule has 0 heterocycles. The van der Waals surface area contributed by atoms with Crippen molar-refractivity contribution in [1.29, 1.82) is 0 Å². The highest BCUT2D eigenvalue weighted by atomic mass is 127. The second-order valence-corrected chi connectivity index (χ2v) is 5.23. The Kier molecular flexibility index (Phi) is 7.34. The Morgan fingerprint density at radius 2 is 1.70 bits per heavy atom. The van der Waals surface area contributed by atoms with Crippen LogP contribution in [0.3, 0.4) is 0 Å². The number of benzene rings is 1. The smallest absolute Gasteiger partial charge is 0.191 e. The Morgan fingerprint density at radius 1 is 1.10 bits per heavy atom. The summed E-state index contributed by atoms with van der Waals surface area (Å²) < 4.78 is 0. The lowest BCUT2D eigenvalue weighted by Crippen LogP contribution is -2.41. The summed E-state index contributed by atoms with van der Waals surface area (Å²) in [7, 11) is 0. The first-order valence-corrected chi connectivity index (χ1v) is 7.38. The Labute approximate surface area is 139 Å². The maximum absolute atomic E-state index is 4.77. The van der Waals surface area contributed by atoms with E-state index in [1.807, 2.05) is 0 Å². The van der Waals surface area contributed by atoms with Crippen molar-refractivity contribution in [3.8, 4) is 0 Å². The summed E-state index contributed by atoms with van der Waals surface area (Å²) in [6, 6.07) is 10.8. The number of nitrogens with zero attached hydrogens (tertiary/aromatic N) is 1. The van der Waals surface area contributed by atoms with Gasteiger partial charge in [0.25, 0.3) is 0 Å². The zero-order valence-electron chi connectivity index (χ0n) is 12.5. The van der Waals surface area contributed by atoms with Crippen molar-refractivity contribution < 1.29 is 0 Å². The quantitative estimate of drug-likeness (QED) is 0.462. The number of guanidine groups is 1. The van der Waals surface area contributed by atoms with Crippen LogP contribution >= 0.6 is 24.0 Å². The van der Waals surface area contributed by atoms with Gasteiger partial charge in [0, 0.05) is 18.5 Å². The standard InChI is InChI=1S/C16H25N3.HI/c1-3-17-15(18-4-2)19-13-16(11-8-12-16)14-9-6-5-7-10-14;/h5-7,9-10H,3-4,8,11-13H2,1-2H3,(H2,17,18,19);1H. The van der Waals surface area contributed by atoms with Crippen LogP contribution in [0, 0.1) is 0 Å². The third kappa shape index (κ3) is 4.11. The maximum atomic E-state index is 4.77. The molecule has 1 aromatic carbocycles. The molecule has 0 aliphatic heterocycles. The molecule has 20 heavy (non-hydrogen) atoms. The van der Waals surface area contributed by atoms with Crippen molar-refractivity contribution in [1.82, 2.24) is 10.6 Å². The average molecular weight is 387 g/mol. The lowest BCUT2D eigenvalue weighted by molar-refractivity contribution is 0.253. The Bertz CT molecular complexity index is 405. The highest BCUT2D eigenvalue weighted by molar-refractivity contribution is 14.0. The highest BCUT2D eigenvalue weighted by Gasteiger charge is 2.38. The van der Waals surface area contributed by atoms with E-state index in [2.05, 4.69) is 54.8 Å². The van der Waals surface area contributed by atoms with E-state index in [1.165, 1.54) is 24.8 Å². The lowest BCUT2D eigenvalue weighted by Gasteiger charge is -2.41. The van der Waals surface area contributed by atoms with Crippen molar-refractivity contribution in [3.05, 3.63) is 35.9 Å². The van der Waals surface area contributed by atoms with E-state index < -0.39 is 0 Å². The number of hydrogen-bond donors (Lipinski definition) is 2. The molecule has 0 radical (unpaired) electrons. The van der Waals surface area contributed by atoms with Crippen LogP contribution in [0.4, 0.5) is 0 Å². The molecule has 112 valence electrons. The van der Waals surface area contributed by atoms with Gasteiger partial charge in [-0.1, -0.05) is 36.8 Å². The topological polar surface area (TPSA) is 36.4 Å². The fraction of sp³-hybridized carbons (Fsp3) is 0.562. The molecular formula is C16H26IN3. The van der Waals surface area contributed by atoms with Crippen LogP contribution in [0.1, 0.15) is 38.7 Å². The third-order valence-corrected chi connectivity index (χ3v) is 3.93. The van der Waals surface area contributed by atoms with Crippen molar-refractivity contribution in [2.45, 2.75) is 38.5 Å². The molecule has 0 spiro atoms. The number of halogens is 1. The van der Waals surface area contributed by atoms with Gasteiger partial charge in [0.15, 0.2) is 5.96 Å². The predicted molar refractivity (Wildman–Crippen MR) is 97.0 cm³/mol. The molecule has 0 bridgehead atoms. The predicted octanol–water partition coefficient (Wildman–Crippen LogP) is 3.30. The van der Waals surface area contributed by atoms with Crippen molar-refractivity contribution in [2.24, 2.45) is 4.99 Å². The Balaban J connectivity index is 0.00000200. The van der Waals surface area contributed by atoms with Gasteiger partial charge in [-0.3, -0.25) is 4.99 Å². The molecule has 1 aliphatic carbocycles. The van der Waals surface area contributed by atoms with E-state index in [1.54, 1.807) is 0 Å². The molecule has 0 atom stereocenters. The lowest BCUT2D eigenvalue weighted by atomic mass is 9.64. The van der Waals surface area contributed by atoms with Gasteiger partial charge in [-0.2, -0.15) is 0 Å². The second kappa shape index (κ2) is 8.49. The molecule has 0 saturated heterocycles. The molecule has 3 nitrogen and oxygen atoms in total. The minimum atomic E-state index is 0. The summed E-state index contributed by atoms with van der Waals surface area (Å²) in [5, 5.41) is 6.59. The third-order valence-electron chi connectivity index (χ3n) is 3.93. The number of rotatable bonds is 5. The summed E-state index contributed by atoms with van der Waals surface area (Å²) >= 11 is 0. The molecule has 4 heteroatoms. The van der Waals surface area contributed by atoms with Crippen LogP contribution in [0.2, 0.25) is 0 Å². The fourth-order valence-corrected chi connectivity index (χ4v) is 2.67. The fourth-order valence-electron chi connectivity index (χ4n) is 2.67. The van der Waals surface area contributed by atoms with Gasteiger partial charge >= 0.3 is 0 Å². The first-order valence-electron chi connectivity index (χ1n) is 7.38. The molecular weight excluding hydrogens is 361 g/mol. The first-order chi connectivity index (χ1) is 9.30. The number of nitrogens with one attached hydrogen (secondary N) is 2. The molecule has 1 aliphatic rings. The van der Waals surface area contributed by atoms with Gasteiger partial charge < -0.3 is 10.6 Å². The SMILES string of the molecule is CCNC(=NCC1(c2ccccc2)CCC1)NCC.I. The second-order valence-electron chi connectivity index (χ2n) is 5.23. The van der Waals surface area contributed by atoms with Gasteiger partial charge in [-0.25, -0.2) is 0 Å². The molecule has 0 amide bonds. The normalized spacial score (nSPS) is 15.5. The zero-order chi connectivity index (χ0) is 13.6. The van der Waals surface area contributed by atoms with Crippen molar-refractivity contribution in [3.63, 3.8) is 0 Å². The van der Waals surface area contributed by atoms with E-state index in [-0.39, 0.29) is 29.4 Å². The summed E-state index contributed by atoms with van der Waals surface area (Å²) in [4.78, 5) is 4.77.